The molecule has 0 aromatic rings. The molecule has 0 heterocycles. The lowest BCUT2D eigenvalue weighted by Crippen LogP contribution is -2.45. The van der Waals surface area contributed by atoms with Crippen LogP contribution in [-0.4, -0.2) is 14.4 Å². The standard InChI is InChI=1S/C16H26OSi/c1-12-11-15(14-10-8-7-9-13(12)14)17-18(5,6)16(2,3)4/h7-11,13-15H,1-6H3. The van der Waals surface area contributed by atoms with Gasteiger partial charge in [0.25, 0.3) is 0 Å². The van der Waals surface area contributed by atoms with Crippen molar-refractivity contribution in [1.82, 2.24) is 0 Å². The number of fused-ring (bicyclic) bond motifs is 1. The van der Waals surface area contributed by atoms with E-state index in [0.29, 0.717) is 11.8 Å². The Balaban J connectivity index is 2.16. The normalized spacial score (nSPS) is 31.4. The van der Waals surface area contributed by atoms with Gasteiger partial charge in [0.1, 0.15) is 0 Å². The summed E-state index contributed by atoms with van der Waals surface area (Å²) in [5, 5.41) is 0.279. The zero-order valence-electron chi connectivity index (χ0n) is 12.5. The molecule has 0 saturated heterocycles. The van der Waals surface area contributed by atoms with Gasteiger partial charge in [0.05, 0.1) is 6.10 Å². The molecular weight excluding hydrogens is 236 g/mol. The van der Waals surface area contributed by atoms with Crippen LogP contribution in [0.3, 0.4) is 0 Å². The van der Waals surface area contributed by atoms with E-state index in [2.05, 4.69) is 71.2 Å². The fourth-order valence-electron chi connectivity index (χ4n) is 2.50. The highest BCUT2D eigenvalue weighted by molar-refractivity contribution is 6.74. The summed E-state index contributed by atoms with van der Waals surface area (Å²) in [4.78, 5) is 0. The topological polar surface area (TPSA) is 9.23 Å². The summed E-state index contributed by atoms with van der Waals surface area (Å²) in [7, 11) is -1.68. The van der Waals surface area contributed by atoms with Crippen LogP contribution < -0.4 is 0 Å². The maximum Gasteiger partial charge on any atom is 0.192 e. The molecule has 0 radical (unpaired) electrons. The van der Waals surface area contributed by atoms with E-state index in [4.69, 9.17) is 4.43 Å². The second-order valence-electron chi connectivity index (χ2n) is 7.13. The highest BCUT2D eigenvalue weighted by Gasteiger charge is 2.43. The Labute approximate surface area is 113 Å². The number of allylic oxidation sites excluding steroid dienone is 4. The van der Waals surface area contributed by atoms with Crippen LogP contribution in [0.4, 0.5) is 0 Å². The van der Waals surface area contributed by atoms with E-state index >= 15 is 0 Å². The van der Waals surface area contributed by atoms with E-state index < -0.39 is 8.32 Å². The minimum atomic E-state index is -1.68. The lowest BCUT2D eigenvalue weighted by Gasteiger charge is -2.39. The smallest absolute Gasteiger partial charge is 0.192 e. The molecule has 0 saturated carbocycles. The van der Waals surface area contributed by atoms with Gasteiger partial charge in [-0.15, -0.1) is 0 Å². The minimum absolute atomic E-state index is 0.275. The third kappa shape index (κ3) is 2.41. The molecule has 3 atom stereocenters. The SMILES string of the molecule is CC1=CC(O[Si](C)(C)C(C)(C)C)C2C=CC=CC12. The first-order valence-electron chi connectivity index (χ1n) is 6.93. The van der Waals surface area contributed by atoms with Crippen LogP contribution in [0.1, 0.15) is 27.7 Å². The molecule has 0 aromatic heterocycles. The van der Waals surface area contributed by atoms with E-state index in [9.17, 15) is 0 Å². The summed E-state index contributed by atoms with van der Waals surface area (Å²) in [6, 6.07) is 0. The Bertz CT molecular complexity index is 409. The van der Waals surface area contributed by atoms with Crippen LogP contribution in [0, 0.1) is 11.8 Å². The van der Waals surface area contributed by atoms with Crippen LogP contribution in [0.25, 0.3) is 0 Å². The predicted octanol–water partition coefficient (Wildman–Crippen LogP) is 4.70. The fourth-order valence-corrected chi connectivity index (χ4v) is 3.76. The zero-order chi connectivity index (χ0) is 13.6. The van der Waals surface area contributed by atoms with Gasteiger partial charge in [-0.3, -0.25) is 0 Å². The van der Waals surface area contributed by atoms with E-state index in [1.807, 2.05) is 0 Å². The molecule has 2 heteroatoms. The molecule has 3 unspecified atom stereocenters. The Morgan fingerprint density at radius 1 is 1.11 bits per heavy atom. The monoisotopic (exact) mass is 262 g/mol. The summed E-state index contributed by atoms with van der Waals surface area (Å²) in [5.74, 6) is 1.08. The number of rotatable bonds is 2. The number of hydrogen-bond donors (Lipinski definition) is 0. The molecule has 0 aliphatic heterocycles. The molecule has 100 valence electrons. The lowest BCUT2D eigenvalue weighted by atomic mass is 9.87. The summed E-state index contributed by atoms with van der Waals surface area (Å²) in [6.45, 7) is 13.8. The van der Waals surface area contributed by atoms with Crippen molar-refractivity contribution in [2.75, 3.05) is 0 Å². The van der Waals surface area contributed by atoms with E-state index in [0.717, 1.165) is 0 Å². The molecule has 2 aliphatic carbocycles. The largest absolute Gasteiger partial charge is 0.410 e. The van der Waals surface area contributed by atoms with Gasteiger partial charge in [-0.25, -0.2) is 0 Å². The van der Waals surface area contributed by atoms with Crippen LogP contribution in [-0.2, 0) is 4.43 Å². The van der Waals surface area contributed by atoms with Gasteiger partial charge in [-0.2, -0.15) is 0 Å². The molecule has 0 bridgehead atoms. The van der Waals surface area contributed by atoms with Gasteiger partial charge < -0.3 is 4.43 Å². The molecule has 0 fully saturated rings. The maximum atomic E-state index is 6.58. The first-order valence-corrected chi connectivity index (χ1v) is 9.84. The van der Waals surface area contributed by atoms with Crippen molar-refractivity contribution in [3.8, 4) is 0 Å². The van der Waals surface area contributed by atoms with E-state index in [1.54, 1.807) is 0 Å². The van der Waals surface area contributed by atoms with Gasteiger partial charge in [0.15, 0.2) is 8.32 Å². The second kappa shape index (κ2) is 4.50. The van der Waals surface area contributed by atoms with Crippen LogP contribution in [0.5, 0.6) is 0 Å². The van der Waals surface area contributed by atoms with Gasteiger partial charge in [-0.05, 0) is 25.1 Å². The minimum Gasteiger partial charge on any atom is -0.410 e. The number of hydrogen-bond acceptors (Lipinski definition) is 1. The molecule has 2 aliphatic rings. The van der Waals surface area contributed by atoms with Crippen molar-refractivity contribution in [3.05, 3.63) is 36.0 Å². The highest BCUT2D eigenvalue weighted by Crippen LogP contribution is 2.43. The van der Waals surface area contributed by atoms with E-state index in [-0.39, 0.29) is 11.1 Å². The molecule has 2 rings (SSSR count). The maximum absolute atomic E-state index is 6.58. The van der Waals surface area contributed by atoms with Gasteiger partial charge in [-0.1, -0.05) is 56.7 Å². The van der Waals surface area contributed by atoms with E-state index in [1.165, 1.54) is 5.57 Å². The van der Waals surface area contributed by atoms with Crippen molar-refractivity contribution in [1.29, 1.82) is 0 Å². The molecule has 0 N–H and O–H groups in total. The first-order chi connectivity index (χ1) is 8.22. The Morgan fingerprint density at radius 3 is 2.33 bits per heavy atom. The van der Waals surface area contributed by atoms with Gasteiger partial charge in [0, 0.05) is 11.8 Å². The summed E-state index contributed by atoms with van der Waals surface area (Å²) < 4.78 is 6.58. The predicted molar refractivity (Wildman–Crippen MR) is 81.1 cm³/mol. The lowest BCUT2D eigenvalue weighted by molar-refractivity contribution is 0.181. The van der Waals surface area contributed by atoms with Crippen molar-refractivity contribution in [2.45, 2.75) is 51.9 Å². The first kappa shape index (κ1) is 13.8. The quantitative estimate of drug-likeness (QED) is 0.518. The Kier molecular flexibility index (Phi) is 3.45. The van der Waals surface area contributed by atoms with Crippen LogP contribution >= 0.6 is 0 Å². The average Bonchev–Trinajstić information content (AvgIpc) is 2.55. The third-order valence-electron chi connectivity index (χ3n) is 4.75. The molecule has 0 aromatic carbocycles. The van der Waals surface area contributed by atoms with Gasteiger partial charge in [0.2, 0.25) is 0 Å². The highest BCUT2D eigenvalue weighted by atomic mass is 28.4. The van der Waals surface area contributed by atoms with Crippen molar-refractivity contribution in [2.24, 2.45) is 11.8 Å². The molecule has 1 nitrogen and oxygen atoms in total. The Morgan fingerprint density at radius 2 is 1.72 bits per heavy atom. The second-order valence-corrected chi connectivity index (χ2v) is 11.9. The third-order valence-corrected chi connectivity index (χ3v) is 9.22. The fraction of sp³-hybridized carbons (Fsp3) is 0.625. The molecule has 18 heavy (non-hydrogen) atoms. The molecular formula is C16H26OSi. The molecule has 0 spiro atoms. The average molecular weight is 262 g/mol. The molecule has 0 amide bonds. The Hall–Kier alpha value is -0.603. The van der Waals surface area contributed by atoms with Crippen molar-refractivity contribution >= 4 is 8.32 Å². The zero-order valence-corrected chi connectivity index (χ0v) is 13.5. The van der Waals surface area contributed by atoms with Crippen molar-refractivity contribution in [3.63, 3.8) is 0 Å². The van der Waals surface area contributed by atoms with Crippen LogP contribution in [0.15, 0.2) is 36.0 Å². The summed E-state index contributed by atoms with van der Waals surface area (Å²) >= 11 is 0. The van der Waals surface area contributed by atoms with Crippen LogP contribution in [0.2, 0.25) is 18.1 Å². The summed E-state index contributed by atoms with van der Waals surface area (Å²) in [5.41, 5.74) is 1.46. The van der Waals surface area contributed by atoms with Crippen molar-refractivity contribution < 1.29 is 4.43 Å². The summed E-state index contributed by atoms with van der Waals surface area (Å²) in [6.07, 6.45) is 11.6. The van der Waals surface area contributed by atoms with Gasteiger partial charge >= 0.3 is 0 Å².